The van der Waals surface area contributed by atoms with Gasteiger partial charge in [0.05, 0.1) is 37.4 Å². The molecule has 0 radical (unpaired) electrons. The molecule has 1 fully saturated rings. The number of aromatic nitrogens is 2. The summed E-state index contributed by atoms with van der Waals surface area (Å²) in [6.45, 7) is 9.76. The van der Waals surface area contributed by atoms with Crippen molar-refractivity contribution in [1.29, 1.82) is 0 Å². The molecule has 2 aromatic heterocycles. The summed E-state index contributed by atoms with van der Waals surface area (Å²) in [5, 5.41) is 22.7. The molecule has 9 heteroatoms. The van der Waals surface area contributed by atoms with Crippen LogP contribution in [0, 0.1) is 5.92 Å². The fourth-order valence-electron chi connectivity index (χ4n) is 6.31. The van der Waals surface area contributed by atoms with E-state index in [2.05, 4.69) is 43.0 Å². The molecule has 2 N–H and O–H groups in total. The van der Waals surface area contributed by atoms with E-state index in [-0.39, 0.29) is 17.7 Å². The molecule has 2 aliphatic rings. The van der Waals surface area contributed by atoms with Crippen LogP contribution in [0.15, 0.2) is 24.3 Å². The number of esters is 1. The molecule has 40 heavy (non-hydrogen) atoms. The number of fused-ring (bicyclic) bond motifs is 2. The Labute approximate surface area is 241 Å². The molecule has 1 aliphatic heterocycles. The predicted molar refractivity (Wildman–Crippen MR) is 160 cm³/mol. The second kappa shape index (κ2) is 12.8. The predicted octanol–water partition coefficient (Wildman–Crippen LogP) is 5.83. The average molecular weight is 570 g/mol. The molecule has 1 aliphatic carbocycles. The van der Waals surface area contributed by atoms with Gasteiger partial charge in [-0.15, -0.1) is 0 Å². The molecule has 3 heterocycles. The van der Waals surface area contributed by atoms with Crippen molar-refractivity contribution in [3.63, 3.8) is 0 Å². The molecule has 1 saturated heterocycles. The second-order valence-electron chi connectivity index (χ2n) is 12.1. The van der Waals surface area contributed by atoms with E-state index in [1.807, 2.05) is 0 Å². The zero-order chi connectivity index (χ0) is 28.1. The largest absolute Gasteiger partial charge is 0.494 e. The SMILES string of the molecule is CC(C)CCCC(=O)OC[N+]1(CCCCn2c(O)c3c(c2O)CCCC3)CCN(c2nsc3ccccc23)CC1. The van der Waals surface area contributed by atoms with Crippen LogP contribution in [0.4, 0.5) is 5.82 Å². The fraction of sp³-hybridized carbons (Fsp3) is 0.613. The van der Waals surface area contributed by atoms with Gasteiger partial charge in [-0.25, -0.2) is 0 Å². The van der Waals surface area contributed by atoms with Crippen molar-refractivity contribution in [3.8, 4) is 11.8 Å². The van der Waals surface area contributed by atoms with Crippen molar-refractivity contribution in [2.75, 3.05) is 44.4 Å². The number of hydrogen-bond acceptors (Lipinski definition) is 7. The number of benzene rings is 1. The van der Waals surface area contributed by atoms with Gasteiger partial charge < -0.3 is 19.8 Å². The number of piperazine rings is 1. The van der Waals surface area contributed by atoms with E-state index in [9.17, 15) is 15.0 Å². The minimum absolute atomic E-state index is 0.0983. The van der Waals surface area contributed by atoms with Gasteiger partial charge in [-0.05, 0) is 74.5 Å². The number of ether oxygens (including phenoxy) is 1. The van der Waals surface area contributed by atoms with Crippen LogP contribution in [0.1, 0.15) is 69.9 Å². The van der Waals surface area contributed by atoms with Gasteiger partial charge in [-0.2, -0.15) is 4.37 Å². The van der Waals surface area contributed by atoms with Gasteiger partial charge in [0.25, 0.3) is 0 Å². The number of quaternary nitrogens is 1. The molecule has 0 atom stereocenters. The normalized spacial score (nSPS) is 16.9. The maximum Gasteiger partial charge on any atom is 0.310 e. The Morgan fingerprint density at radius 3 is 2.45 bits per heavy atom. The summed E-state index contributed by atoms with van der Waals surface area (Å²) in [7, 11) is 0. The van der Waals surface area contributed by atoms with Crippen molar-refractivity contribution < 1.29 is 24.2 Å². The van der Waals surface area contributed by atoms with Gasteiger partial charge in [0.1, 0.15) is 0 Å². The lowest BCUT2D eigenvalue weighted by atomic mass is 9.95. The van der Waals surface area contributed by atoms with Crippen molar-refractivity contribution >= 4 is 33.4 Å². The summed E-state index contributed by atoms with van der Waals surface area (Å²) < 4.78 is 14.3. The lowest BCUT2D eigenvalue weighted by molar-refractivity contribution is -0.944. The van der Waals surface area contributed by atoms with E-state index >= 15 is 0 Å². The summed E-state index contributed by atoms with van der Waals surface area (Å²) >= 11 is 1.55. The Morgan fingerprint density at radius 2 is 1.75 bits per heavy atom. The Bertz CT molecular complexity index is 1260. The number of aromatic hydroxyl groups is 2. The maximum absolute atomic E-state index is 12.6. The number of carbonyl (C=O) groups excluding carboxylic acids is 1. The zero-order valence-electron chi connectivity index (χ0n) is 24.1. The molecule has 8 nitrogen and oxygen atoms in total. The molecular formula is C31H45N4O4S+. The van der Waals surface area contributed by atoms with Gasteiger partial charge >= 0.3 is 5.97 Å². The first kappa shape index (κ1) is 28.7. The first-order valence-electron chi connectivity index (χ1n) is 15.1. The summed E-state index contributed by atoms with van der Waals surface area (Å²) in [5.74, 6) is 2.04. The van der Waals surface area contributed by atoms with Crippen LogP contribution >= 0.6 is 11.5 Å². The molecule has 0 amide bonds. The highest BCUT2D eigenvalue weighted by Crippen LogP contribution is 2.39. The average Bonchev–Trinajstić information content (AvgIpc) is 3.49. The quantitative estimate of drug-likeness (QED) is 0.162. The first-order chi connectivity index (χ1) is 19.4. The summed E-state index contributed by atoms with van der Waals surface area (Å²) in [4.78, 5) is 15.0. The number of unbranched alkanes of at least 4 members (excludes halogenated alkanes) is 1. The van der Waals surface area contributed by atoms with Crippen LogP contribution in [0.5, 0.6) is 11.8 Å². The highest BCUT2D eigenvalue weighted by molar-refractivity contribution is 7.13. The van der Waals surface area contributed by atoms with Gasteiger partial charge in [0, 0.05) is 29.5 Å². The molecule has 0 saturated carbocycles. The van der Waals surface area contributed by atoms with Crippen molar-refractivity contribution in [2.24, 2.45) is 5.92 Å². The van der Waals surface area contributed by atoms with Crippen LogP contribution in [0.25, 0.3) is 10.1 Å². The van der Waals surface area contributed by atoms with Gasteiger partial charge in [-0.3, -0.25) is 13.8 Å². The van der Waals surface area contributed by atoms with Crippen LogP contribution in [0.3, 0.4) is 0 Å². The minimum atomic E-state index is -0.0983. The number of nitrogens with zero attached hydrogens (tertiary/aromatic N) is 4. The molecule has 0 unspecified atom stereocenters. The third-order valence-corrected chi connectivity index (χ3v) is 9.61. The van der Waals surface area contributed by atoms with Crippen molar-refractivity contribution in [1.82, 2.24) is 8.94 Å². The maximum atomic E-state index is 12.6. The minimum Gasteiger partial charge on any atom is -0.494 e. The van der Waals surface area contributed by atoms with E-state index in [1.54, 1.807) is 16.1 Å². The van der Waals surface area contributed by atoms with Crippen molar-refractivity contribution in [3.05, 3.63) is 35.4 Å². The molecule has 3 aromatic rings. The van der Waals surface area contributed by atoms with E-state index in [0.29, 0.717) is 25.6 Å². The van der Waals surface area contributed by atoms with Crippen molar-refractivity contribution in [2.45, 2.75) is 78.2 Å². The van der Waals surface area contributed by atoms with E-state index < -0.39 is 0 Å². The van der Waals surface area contributed by atoms with Crippen LogP contribution < -0.4 is 4.90 Å². The van der Waals surface area contributed by atoms with Gasteiger partial charge in [0.15, 0.2) is 17.6 Å². The van der Waals surface area contributed by atoms with Crippen LogP contribution in [0.2, 0.25) is 0 Å². The molecule has 218 valence electrons. The zero-order valence-corrected chi connectivity index (χ0v) is 24.9. The number of rotatable bonds is 12. The second-order valence-corrected chi connectivity index (χ2v) is 12.9. The smallest absolute Gasteiger partial charge is 0.310 e. The Balaban J connectivity index is 1.21. The van der Waals surface area contributed by atoms with Gasteiger partial charge in [0.2, 0.25) is 6.73 Å². The van der Waals surface area contributed by atoms with E-state index in [1.165, 1.54) is 10.1 Å². The first-order valence-corrected chi connectivity index (χ1v) is 15.9. The molecule has 5 rings (SSSR count). The number of anilines is 1. The third-order valence-electron chi connectivity index (χ3n) is 8.79. The Kier molecular flexibility index (Phi) is 9.20. The number of hydrogen-bond donors (Lipinski definition) is 2. The summed E-state index contributed by atoms with van der Waals surface area (Å²) in [5.41, 5.74) is 1.87. The standard InChI is InChI=1S/C31H44N4O4S/c1-23(2)10-9-15-28(36)39-22-35(19-8-7-16-34-30(37)24-11-3-4-12-25(24)31(34)38)20-17-33(18-21-35)29-26-13-5-6-14-27(26)40-32-29/h5-6,13-14,23H,3-4,7-12,15-22H2,1-2H3,(H-,37,38)/p+1. The molecule has 0 bridgehead atoms. The third kappa shape index (κ3) is 6.41. The molecular weight excluding hydrogens is 524 g/mol. The van der Waals surface area contributed by atoms with Crippen LogP contribution in [-0.2, 0) is 28.9 Å². The summed E-state index contributed by atoms with van der Waals surface area (Å²) in [6, 6.07) is 8.39. The topological polar surface area (TPSA) is 87.8 Å². The lowest BCUT2D eigenvalue weighted by Gasteiger charge is -2.44. The highest BCUT2D eigenvalue weighted by Gasteiger charge is 2.35. The Morgan fingerprint density at radius 1 is 1.05 bits per heavy atom. The number of carbonyl (C=O) groups is 1. The van der Waals surface area contributed by atoms with E-state index in [0.717, 1.165) is 106 Å². The molecule has 0 spiro atoms. The van der Waals surface area contributed by atoms with Gasteiger partial charge in [-0.1, -0.05) is 32.4 Å². The highest BCUT2D eigenvalue weighted by atomic mass is 32.1. The monoisotopic (exact) mass is 569 g/mol. The molecule has 1 aromatic carbocycles. The lowest BCUT2D eigenvalue weighted by Crippen LogP contribution is -2.61. The summed E-state index contributed by atoms with van der Waals surface area (Å²) in [6.07, 6.45) is 7.96. The van der Waals surface area contributed by atoms with E-state index in [4.69, 9.17) is 9.11 Å². The Hall–Kier alpha value is -2.78. The van der Waals surface area contributed by atoms with Crippen LogP contribution in [-0.4, -0.2) is 69.1 Å². The fourth-order valence-corrected chi connectivity index (χ4v) is 7.10.